The molecular formula is C17H19NO2. The van der Waals surface area contributed by atoms with Crippen molar-refractivity contribution in [3.05, 3.63) is 59.7 Å². The largest absolute Gasteiger partial charge is 0.506 e. The molecule has 0 aliphatic rings. The molecule has 0 saturated heterocycles. The summed E-state index contributed by atoms with van der Waals surface area (Å²) >= 11 is 0. The molecule has 2 aromatic carbocycles. The first-order chi connectivity index (χ1) is 9.70. The Balaban J connectivity index is 2.10. The first-order valence-electron chi connectivity index (χ1n) is 6.84. The molecule has 0 fully saturated rings. The molecule has 2 aromatic rings. The predicted molar refractivity (Wildman–Crippen MR) is 81.1 cm³/mol. The Morgan fingerprint density at radius 1 is 1.15 bits per heavy atom. The van der Waals surface area contributed by atoms with Crippen molar-refractivity contribution >= 4 is 11.5 Å². The Morgan fingerprint density at radius 3 is 2.60 bits per heavy atom. The van der Waals surface area contributed by atoms with E-state index >= 15 is 0 Å². The van der Waals surface area contributed by atoms with Crippen molar-refractivity contribution in [3.8, 4) is 5.75 Å². The second kappa shape index (κ2) is 6.75. The number of carbonyl (C=O) groups excluding carboxylic acids is 1. The number of Topliss-reactive ketones (excluding diaryl/α,β-unsaturated/α-hetero) is 1. The van der Waals surface area contributed by atoms with E-state index in [1.165, 1.54) is 0 Å². The summed E-state index contributed by atoms with van der Waals surface area (Å²) in [5.74, 6) is 0.268. The van der Waals surface area contributed by atoms with Gasteiger partial charge in [-0.25, -0.2) is 0 Å². The van der Waals surface area contributed by atoms with Crippen LogP contribution in [0.5, 0.6) is 5.75 Å². The third-order valence-corrected chi connectivity index (χ3v) is 3.12. The summed E-state index contributed by atoms with van der Waals surface area (Å²) in [6.07, 6.45) is 1.36. The van der Waals surface area contributed by atoms with E-state index < -0.39 is 0 Å². The zero-order valence-corrected chi connectivity index (χ0v) is 11.6. The fourth-order valence-corrected chi connectivity index (χ4v) is 2.02. The van der Waals surface area contributed by atoms with Crippen molar-refractivity contribution in [3.63, 3.8) is 0 Å². The van der Waals surface area contributed by atoms with Gasteiger partial charge in [-0.15, -0.1) is 0 Å². The maximum absolute atomic E-state index is 11.9. The number of benzene rings is 2. The van der Waals surface area contributed by atoms with E-state index in [4.69, 9.17) is 0 Å². The number of hydrogen-bond donors (Lipinski definition) is 2. The molecule has 0 spiro atoms. The molecule has 0 aromatic heterocycles. The van der Waals surface area contributed by atoms with Gasteiger partial charge in [-0.05, 0) is 30.2 Å². The fourth-order valence-electron chi connectivity index (χ4n) is 2.02. The third-order valence-electron chi connectivity index (χ3n) is 3.12. The second-order valence-corrected chi connectivity index (χ2v) is 4.74. The lowest BCUT2D eigenvalue weighted by Crippen LogP contribution is -2.03. The monoisotopic (exact) mass is 269 g/mol. The number of aromatic hydroxyl groups is 1. The molecule has 0 unspecified atom stereocenters. The van der Waals surface area contributed by atoms with Crippen LogP contribution in [-0.2, 0) is 6.54 Å². The molecular weight excluding hydrogens is 250 g/mol. The Hall–Kier alpha value is -2.29. The number of phenols is 1. The molecule has 2 N–H and O–H groups in total. The molecule has 0 heterocycles. The summed E-state index contributed by atoms with van der Waals surface area (Å²) in [6, 6.07) is 14.9. The first kappa shape index (κ1) is 14.1. The summed E-state index contributed by atoms with van der Waals surface area (Å²) in [7, 11) is 0. The summed E-state index contributed by atoms with van der Waals surface area (Å²) < 4.78 is 0. The maximum atomic E-state index is 11.9. The molecule has 2 rings (SSSR count). The minimum absolute atomic E-state index is 0.107. The number of ketones is 1. The number of hydrogen-bond acceptors (Lipinski definition) is 3. The summed E-state index contributed by atoms with van der Waals surface area (Å²) in [5.41, 5.74) is 2.35. The lowest BCUT2D eigenvalue weighted by molar-refractivity contribution is 0.0982. The summed E-state index contributed by atoms with van der Waals surface area (Å²) in [4.78, 5) is 11.9. The summed E-state index contributed by atoms with van der Waals surface area (Å²) in [6.45, 7) is 2.59. The van der Waals surface area contributed by atoms with Crippen molar-refractivity contribution in [1.29, 1.82) is 0 Å². The molecule has 104 valence electrons. The van der Waals surface area contributed by atoms with Gasteiger partial charge < -0.3 is 10.4 Å². The van der Waals surface area contributed by atoms with Gasteiger partial charge in [-0.3, -0.25) is 4.79 Å². The average Bonchev–Trinajstić information content (AvgIpc) is 2.47. The molecule has 20 heavy (non-hydrogen) atoms. The van der Waals surface area contributed by atoms with Gasteiger partial charge in [0.1, 0.15) is 5.75 Å². The highest BCUT2D eigenvalue weighted by molar-refractivity contribution is 5.97. The van der Waals surface area contributed by atoms with E-state index in [-0.39, 0.29) is 11.5 Å². The van der Waals surface area contributed by atoms with Gasteiger partial charge in [-0.2, -0.15) is 0 Å². The van der Waals surface area contributed by atoms with Crippen LogP contribution in [0.3, 0.4) is 0 Å². The van der Waals surface area contributed by atoms with Crippen LogP contribution >= 0.6 is 0 Å². The van der Waals surface area contributed by atoms with E-state index in [0.717, 1.165) is 12.0 Å². The van der Waals surface area contributed by atoms with Crippen molar-refractivity contribution < 1.29 is 9.90 Å². The Labute approximate surface area is 119 Å². The van der Waals surface area contributed by atoms with Crippen molar-refractivity contribution in [1.82, 2.24) is 0 Å². The molecule has 0 saturated carbocycles. The van der Waals surface area contributed by atoms with E-state index in [1.54, 1.807) is 18.2 Å². The van der Waals surface area contributed by atoms with E-state index in [1.807, 2.05) is 37.3 Å². The molecule has 3 nitrogen and oxygen atoms in total. The van der Waals surface area contributed by atoms with Gasteiger partial charge in [0.25, 0.3) is 0 Å². The lowest BCUT2D eigenvalue weighted by Gasteiger charge is -2.10. The van der Waals surface area contributed by atoms with Crippen LogP contribution in [0.1, 0.15) is 35.7 Å². The van der Waals surface area contributed by atoms with Gasteiger partial charge in [0.15, 0.2) is 5.78 Å². The standard InChI is InChI=1S/C17H19NO2/c1-2-6-16(19)14-9-10-17(20)15(11-14)18-12-13-7-4-3-5-8-13/h3-5,7-11,18,20H,2,6,12H2,1H3. The maximum Gasteiger partial charge on any atom is 0.162 e. The molecule has 0 radical (unpaired) electrons. The number of carbonyl (C=O) groups is 1. The van der Waals surface area contributed by atoms with Crippen LogP contribution in [0.4, 0.5) is 5.69 Å². The average molecular weight is 269 g/mol. The van der Waals surface area contributed by atoms with Crippen molar-refractivity contribution in [2.24, 2.45) is 0 Å². The minimum Gasteiger partial charge on any atom is -0.506 e. The molecule has 3 heteroatoms. The number of rotatable bonds is 6. The predicted octanol–water partition coefficient (Wildman–Crippen LogP) is 3.99. The Morgan fingerprint density at radius 2 is 1.90 bits per heavy atom. The molecule has 0 bridgehead atoms. The first-order valence-corrected chi connectivity index (χ1v) is 6.84. The van der Waals surface area contributed by atoms with Gasteiger partial charge >= 0.3 is 0 Å². The molecule has 0 amide bonds. The van der Waals surface area contributed by atoms with Gasteiger partial charge in [-0.1, -0.05) is 37.3 Å². The SMILES string of the molecule is CCCC(=O)c1ccc(O)c(NCc2ccccc2)c1. The van der Waals surface area contributed by atoms with E-state index in [2.05, 4.69) is 5.32 Å². The van der Waals surface area contributed by atoms with E-state index in [0.29, 0.717) is 24.2 Å². The van der Waals surface area contributed by atoms with Crippen LogP contribution < -0.4 is 5.32 Å². The Bertz CT molecular complexity index is 579. The van der Waals surface area contributed by atoms with Gasteiger partial charge in [0.05, 0.1) is 5.69 Å². The normalized spacial score (nSPS) is 10.2. The smallest absolute Gasteiger partial charge is 0.162 e. The summed E-state index contributed by atoms with van der Waals surface area (Å²) in [5, 5.41) is 13.0. The number of anilines is 1. The van der Waals surface area contributed by atoms with Crippen LogP contribution in [0.2, 0.25) is 0 Å². The van der Waals surface area contributed by atoms with Crippen LogP contribution in [0.25, 0.3) is 0 Å². The van der Waals surface area contributed by atoms with E-state index in [9.17, 15) is 9.90 Å². The van der Waals surface area contributed by atoms with Crippen LogP contribution in [0, 0.1) is 0 Å². The van der Waals surface area contributed by atoms with Crippen molar-refractivity contribution in [2.75, 3.05) is 5.32 Å². The number of phenolic OH excluding ortho intramolecular Hbond substituents is 1. The highest BCUT2D eigenvalue weighted by atomic mass is 16.3. The zero-order valence-electron chi connectivity index (χ0n) is 11.6. The zero-order chi connectivity index (χ0) is 14.4. The third kappa shape index (κ3) is 3.60. The van der Waals surface area contributed by atoms with Gasteiger partial charge in [0.2, 0.25) is 0 Å². The lowest BCUT2D eigenvalue weighted by atomic mass is 10.1. The molecule has 0 aliphatic heterocycles. The quantitative estimate of drug-likeness (QED) is 0.616. The fraction of sp³-hybridized carbons (Fsp3) is 0.235. The highest BCUT2D eigenvalue weighted by Crippen LogP contribution is 2.25. The minimum atomic E-state index is 0.107. The Kier molecular flexibility index (Phi) is 4.77. The van der Waals surface area contributed by atoms with Gasteiger partial charge in [0, 0.05) is 18.5 Å². The van der Waals surface area contributed by atoms with Crippen LogP contribution in [0.15, 0.2) is 48.5 Å². The number of nitrogens with one attached hydrogen (secondary N) is 1. The molecule has 0 atom stereocenters. The molecule has 0 aliphatic carbocycles. The second-order valence-electron chi connectivity index (χ2n) is 4.74. The topological polar surface area (TPSA) is 49.3 Å². The van der Waals surface area contributed by atoms with Crippen LogP contribution in [-0.4, -0.2) is 10.9 Å². The highest BCUT2D eigenvalue weighted by Gasteiger charge is 2.08. The van der Waals surface area contributed by atoms with Crippen molar-refractivity contribution in [2.45, 2.75) is 26.3 Å².